The van der Waals surface area contributed by atoms with Crippen LogP contribution in [-0.2, 0) is 0 Å². The number of nitrogens with one attached hydrogen (secondary N) is 1. The summed E-state index contributed by atoms with van der Waals surface area (Å²) in [6.45, 7) is 10.3. The second kappa shape index (κ2) is 6.53. The molecule has 1 rings (SSSR count). The topological polar surface area (TPSA) is 39.1 Å². The van der Waals surface area contributed by atoms with E-state index in [4.69, 9.17) is 4.74 Å². The molecule has 0 aliphatic rings. The smallest absolute Gasteiger partial charge is 0.157 e. The number of nitrogens with zero attached hydrogens (tertiary/aromatic N) is 2. The summed E-state index contributed by atoms with van der Waals surface area (Å²) in [5, 5.41) is 7.57. The Kier molecular flexibility index (Phi) is 5.32. The van der Waals surface area contributed by atoms with Gasteiger partial charge in [-0.2, -0.15) is 5.10 Å². The highest BCUT2D eigenvalue weighted by atomic mass is 16.5. The lowest BCUT2D eigenvalue weighted by Gasteiger charge is -2.13. The Morgan fingerprint density at radius 1 is 1.44 bits per heavy atom. The summed E-state index contributed by atoms with van der Waals surface area (Å²) in [5.74, 6) is 0.847. The van der Waals surface area contributed by atoms with Gasteiger partial charge in [0.15, 0.2) is 5.75 Å². The molecule has 0 radical (unpaired) electrons. The van der Waals surface area contributed by atoms with Crippen molar-refractivity contribution < 1.29 is 4.74 Å². The highest BCUT2D eigenvalue weighted by Crippen LogP contribution is 2.13. The van der Waals surface area contributed by atoms with Gasteiger partial charge in [-0.3, -0.25) is 4.68 Å². The number of aromatic nitrogens is 2. The van der Waals surface area contributed by atoms with Crippen molar-refractivity contribution in [1.29, 1.82) is 0 Å². The van der Waals surface area contributed by atoms with Crippen molar-refractivity contribution in [2.24, 2.45) is 0 Å². The Bertz CT molecular complexity index is 296. The fraction of sp³-hybridized carbons (Fsp3) is 0.750. The second-order valence-corrected chi connectivity index (χ2v) is 4.38. The van der Waals surface area contributed by atoms with Crippen LogP contribution in [0.4, 0.5) is 0 Å². The molecule has 0 saturated carbocycles. The second-order valence-electron chi connectivity index (χ2n) is 4.38. The lowest BCUT2D eigenvalue weighted by molar-refractivity contribution is 0.217. The summed E-state index contributed by atoms with van der Waals surface area (Å²) in [7, 11) is 0. The first-order valence-electron chi connectivity index (χ1n) is 6.05. The van der Waals surface area contributed by atoms with E-state index in [1.807, 2.05) is 10.9 Å². The van der Waals surface area contributed by atoms with E-state index in [9.17, 15) is 0 Å². The highest BCUT2D eigenvalue weighted by Gasteiger charge is 2.06. The van der Waals surface area contributed by atoms with Gasteiger partial charge >= 0.3 is 0 Å². The summed E-state index contributed by atoms with van der Waals surface area (Å²) < 4.78 is 7.65. The Hall–Kier alpha value is -1.03. The Morgan fingerprint density at radius 3 is 2.75 bits per heavy atom. The Labute approximate surface area is 98.0 Å². The Morgan fingerprint density at radius 2 is 2.19 bits per heavy atom. The molecule has 0 aliphatic heterocycles. The van der Waals surface area contributed by atoms with Crippen LogP contribution in [0.5, 0.6) is 5.75 Å². The van der Waals surface area contributed by atoms with Gasteiger partial charge < -0.3 is 10.1 Å². The highest BCUT2D eigenvalue weighted by molar-refractivity contribution is 5.12. The molecule has 0 fully saturated rings. The van der Waals surface area contributed by atoms with E-state index in [1.54, 1.807) is 6.20 Å². The zero-order chi connectivity index (χ0) is 12.0. The van der Waals surface area contributed by atoms with Gasteiger partial charge in [-0.05, 0) is 33.7 Å². The fourth-order valence-electron chi connectivity index (χ4n) is 1.42. The summed E-state index contributed by atoms with van der Waals surface area (Å²) in [5.41, 5.74) is 0. The molecule has 0 amide bonds. The zero-order valence-electron chi connectivity index (χ0n) is 10.7. The van der Waals surface area contributed by atoms with Crippen molar-refractivity contribution in [3.8, 4) is 5.75 Å². The molecule has 0 spiro atoms. The average Bonchev–Trinajstić information content (AvgIpc) is 2.66. The van der Waals surface area contributed by atoms with Crippen molar-refractivity contribution >= 4 is 0 Å². The third-order valence-electron chi connectivity index (χ3n) is 2.30. The molecular weight excluding hydrogens is 202 g/mol. The minimum Gasteiger partial charge on any atom is -0.486 e. The first-order valence-corrected chi connectivity index (χ1v) is 6.05. The molecule has 0 aliphatic carbocycles. The Balaban J connectivity index is 2.34. The largest absolute Gasteiger partial charge is 0.486 e. The maximum absolute atomic E-state index is 5.75. The van der Waals surface area contributed by atoms with E-state index in [-0.39, 0.29) is 6.10 Å². The molecule has 16 heavy (non-hydrogen) atoms. The lowest BCUT2D eigenvalue weighted by atomic mass is 10.4. The van der Waals surface area contributed by atoms with Crippen LogP contribution in [0.15, 0.2) is 12.4 Å². The van der Waals surface area contributed by atoms with Crippen LogP contribution >= 0.6 is 0 Å². The molecule has 0 bridgehead atoms. The first-order chi connectivity index (χ1) is 7.63. The summed E-state index contributed by atoms with van der Waals surface area (Å²) in [4.78, 5) is 0. The van der Waals surface area contributed by atoms with E-state index >= 15 is 0 Å². The summed E-state index contributed by atoms with van der Waals surface area (Å²) in [6.07, 6.45) is 5.05. The van der Waals surface area contributed by atoms with Crippen LogP contribution in [0.3, 0.4) is 0 Å². The molecule has 92 valence electrons. The predicted molar refractivity (Wildman–Crippen MR) is 65.9 cm³/mol. The van der Waals surface area contributed by atoms with Crippen molar-refractivity contribution in [2.45, 2.75) is 46.3 Å². The molecule has 4 nitrogen and oxygen atoms in total. The summed E-state index contributed by atoms with van der Waals surface area (Å²) in [6, 6.07) is 0.380. The molecule has 1 atom stereocenters. The van der Waals surface area contributed by atoms with E-state index in [1.165, 1.54) is 0 Å². The van der Waals surface area contributed by atoms with E-state index in [0.717, 1.165) is 25.3 Å². The molecule has 1 aromatic heterocycles. The van der Waals surface area contributed by atoms with Gasteiger partial charge in [0.05, 0.1) is 12.4 Å². The first kappa shape index (κ1) is 13.0. The third-order valence-corrected chi connectivity index (χ3v) is 2.30. The molecule has 1 heterocycles. The SMILES string of the molecule is CCCNCC(C)Oc1cnn(C(C)C)c1. The molecule has 4 heteroatoms. The molecule has 1 unspecified atom stereocenters. The molecule has 1 aromatic rings. The van der Waals surface area contributed by atoms with Crippen molar-refractivity contribution in [3.63, 3.8) is 0 Å². The fourth-order valence-corrected chi connectivity index (χ4v) is 1.42. The molecule has 0 aromatic carbocycles. The van der Waals surface area contributed by atoms with Gasteiger partial charge in [-0.25, -0.2) is 0 Å². The minimum atomic E-state index is 0.177. The standard InChI is InChI=1S/C12H23N3O/c1-5-6-13-7-11(4)16-12-8-14-15(9-12)10(2)3/h8-11,13H,5-7H2,1-4H3. The molecular formula is C12H23N3O. The number of hydrogen-bond donors (Lipinski definition) is 1. The normalized spacial score (nSPS) is 13.1. The predicted octanol–water partition coefficient (Wildman–Crippen LogP) is 2.23. The van der Waals surface area contributed by atoms with E-state index in [2.05, 4.69) is 38.1 Å². The third kappa shape index (κ3) is 4.23. The van der Waals surface area contributed by atoms with Gasteiger partial charge in [-0.15, -0.1) is 0 Å². The zero-order valence-corrected chi connectivity index (χ0v) is 10.7. The minimum absolute atomic E-state index is 0.177. The van der Waals surface area contributed by atoms with Crippen molar-refractivity contribution in [2.75, 3.05) is 13.1 Å². The van der Waals surface area contributed by atoms with Crippen LogP contribution in [-0.4, -0.2) is 29.0 Å². The van der Waals surface area contributed by atoms with Gasteiger partial charge in [0, 0.05) is 12.6 Å². The maximum Gasteiger partial charge on any atom is 0.157 e. The van der Waals surface area contributed by atoms with Crippen LogP contribution in [0, 0.1) is 0 Å². The number of hydrogen-bond acceptors (Lipinski definition) is 3. The quantitative estimate of drug-likeness (QED) is 0.723. The van der Waals surface area contributed by atoms with E-state index in [0.29, 0.717) is 6.04 Å². The van der Waals surface area contributed by atoms with Crippen molar-refractivity contribution in [1.82, 2.24) is 15.1 Å². The van der Waals surface area contributed by atoms with E-state index < -0.39 is 0 Å². The van der Waals surface area contributed by atoms with Gasteiger partial charge in [0.25, 0.3) is 0 Å². The summed E-state index contributed by atoms with van der Waals surface area (Å²) >= 11 is 0. The molecule has 0 saturated heterocycles. The van der Waals surface area contributed by atoms with Crippen LogP contribution in [0.2, 0.25) is 0 Å². The van der Waals surface area contributed by atoms with Gasteiger partial charge in [-0.1, -0.05) is 6.92 Å². The lowest BCUT2D eigenvalue weighted by Crippen LogP contribution is -2.29. The maximum atomic E-state index is 5.75. The van der Waals surface area contributed by atoms with Gasteiger partial charge in [0.2, 0.25) is 0 Å². The van der Waals surface area contributed by atoms with Crippen LogP contribution in [0.25, 0.3) is 0 Å². The van der Waals surface area contributed by atoms with Gasteiger partial charge in [0.1, 0.15) is 6.10 Å². The van der Waals surface area contributed by atoms with Crippen LogP contribution in [0.1, 0.15) is 40.2 Å². The monoisotopic (exact) mass is 225 g/mol. The van der Waals surface area contributed by atoms with Crippen molar-refractivity contribution in [3.05, 3.63) is 12.4 Å². The van der Waals surface area contributed by atoms with Crippen LogP contribution < -0.4 is 10.1 Å². The number of ether oxygens (including phenoxy) is 1. The molecule has 1 N–H and O–H groups in total. The number of rotatable bonds is 7. The average molecular weight is 225 g/mol.